The monoisotopic (exact) mass is 302 g/mol. The van der Waals surface area contributed by atoms with Crippen molar-refractivity contribution in [2.45, 2.75) is 45.4 Å². The number of unbranched alkanes of at least 4 members (excludes halogenated alkanes) is 2. The molecular formula is C19H23ClO. The molecule has 2 rings (SSSR count). The van der Waals surface area contributed by atoms with Crippen LogP contribution in [0.25, 0.3) is 6.08 Å². The highest BCUT2D eigenvalue weighted by molar-refractivity contribution is 6.30. The van der Waals surface area contributed by atoms with Gasteiger partial charge < -0.3 is 0 Å². The number of benzene rings is 1. The van der Waals surface area contributed by atoms with Gasteiger partial charge in [0, 0.05) is 10.9 Å². The summed E-state index contributed by atoms with van der Waals surface area (Å²) < 4.78 is 0. The Hall–Kier alpha value is -1.34. The molecule has 0 amide bonds. The van der Waals surface area contributed by atoms with Crippen LogP contribution in [-0.2, 0) is 4.79 Å². The molecule has 0 spiro atoms. The van der Waals surface area contributed by atoms with Crippen molar-refractivity contribution in [3.05, 3.63) is 52.6 Å². The van der Waals surface area contributed by atoms with E-state index in [9.17, 15) is 4.79 Å². The second-order valence-electron chi connectivity index (χ2n) is 5.74. The fraction of sp³-hybridized carbons (Fsp3) is 0.421. The molecule has 1 atom stereocenters. The number of halogens is 1. The number of carbonyl (C=O) groups excluding carboxylic acids is 1. The van der Waals surface area contributed by atoms with Gasteiger partial charge in [0.15, 0.2) is 5.78 Å². The number of ketones is 1. The number of carbonyl (C=O) groups is 1. The summed E-state index contributed by atoms with van der Waals surface area (Å²) in [6.07, 6.45) is 12.6. The van der Waals surface area contributed by atoms with Gasteiger partial charge in [0.05, 0.1) is 0 Å². The summed E-state index contributed by atoms with van der Waals surface area (Å²) in [5.74, 6) is 0.567. The van der Waals surface area contributed by atoms with E-state index >= 15 is 0 Å². The summed E-state index contributed by atoms with van der Waals surface area (Å²) in [6, 6.07) is 7.73. The number of hydrogen-bond acceptors (Lipinski definition) is 1. The number of rotatable bonds is 6. The lowest BCUT2D eigenvalue weighted by Crippen LogP contribution is -2.16. The van der Waals surface area contributed by atoms with E-state index in [0.29, 0.717) is 5.78 Å². The summed E-state index contributed by atoms with van der Waals surface area (Å²) in [4.78, 5) is 12.1. The normalized spacial score (nSPS) is 19.0. The summed E-state index contributed by atoms with van der Waals surface area (Å²) in [5, 5.41) is 0.745. The second kappa shape index (κ2) is 8.19. The predicted octanol–water partition coefficient (Wildman–Crippen LogP) is 5.84. The van der Waals surface area contributed by atoms with Crippen molar-refractivity contribution in [1.82, 2.24) is 0 Å². The van der Waals surface area contributed by atoms with E-state index in [0.717, 1.165) is 35.4 Å². The van der Waals surface area contributed by atoms with E-state index in [1.54, 1.807) is 0 Å². The fourth-order valence-electron chi connectivity index (χ4n) is 2.69. The molecule has 0 heterocycles. The standard InChI is InChI=1S/C19H23ClO/c1-2-3-4-5-17-11-8-16(14-19(17)21)7-6-15-9-12-18(20)13-10-15/h6-7,9-10,12-14,17H,2-5,8,11H2,1H3. The zero-order valence-corrected chi connectivity index (χ0v) is 13.4. The quantitative estimate of drug-likeness (QED) is 0.603. The molecule has 0 aromatic heterocycles. The lowest BCUT2D eigenvalue weighted by atomic mass is 9.85. The van der Waals surface area contributed by atoms with E-state index in [1.807, 2.05) is 36.4 Å². The maximum atomic E-state index is 12.1. The summed E-state index contributed by atoms with van der Waals surface area (Å²) >= 11 is 5.87. The fourth-order valence-corrected chi connectivity index (χ4v) is 2.82. The third-order valence-electron chi connectivity index (χ3n) is 4.03. The molecule has 1 unspecified atom stereocenters. The molecule has 1 aromatic carbocycles. The number of allylic oxidation sites excluding steroid dienone is 3. The second-order valence-corrected chi connectivity index (χ2v) is 6.17. The predicted molar refractivity (Wildman–Crippen MR) is 90.4 cm³/mol. The van der Waals surface area contributed by atoms with Crippen molar-refractivity contribution in [1.29, 1.82) is 0 Å². The van der Waals surface area contributed by atoms with E-state index in [-0.39, 0.29) is 5.92 Å². The Balaban J connectivity index is 1.92. The first-order valence-corrected chi connectivity index (χ1v) is 8.25. The Kier molecular flexibility index (Phi) is 6.25. The zero-order valence-electron chi connectivity index (χ0n) is 12.6. The first-order valence-electron chi connectivity index (χ1n) is 7.87. The van der Waals surface area contributed by atoms with Gasteiger partial charge >= 0.3 is 0 Å². The minimum Gasteiger partial charge on any atom is -0.295 e. The molecule has 112 valence electrons. The minimum absolute atomic E-state index is 0.254. The molecule has 0 fully saturated rings. The van der Waals surface area contributed by atoms with E-state index < -0.39 is 0 Å². The summed E-state index contributed by atoms with van der Waals surface area (Å²) in [6.45, 7) is 2.20. The Morgan fingerprint density at radius 3 is 2.62 bits per heavy atom. The topological polar surface area (TPSA) is 17.1 Å². The average molecular weight is 303 g/mol. The molecule has 2 heteroatoms. The van der Waals surface area contributed by atoms with Crippen LogP contribution >= 0.6 is 11.6 Å². The van der Waals surface area contributed by atoms with Crippen molar-refractivity contribution in [3.63, 3.8) is 0 Å². The zero-order chi connectivity index (χ0) is 15.1. The van der Waals surface area contributed by atoms with Gasteiger partial charge in [-0.2, -0.15) is 0 Å². The third-order valence-corrected chi connectivity index (χ3v) is 4.28. The maximum Gasteiger partial charge on any atom is 0.159 e. The van der Waals surface area contributed by atoms with Gasteiger partial charge in [-0.15, -0.1) is 0 Å². The molecule has 21 heavy (non-hydrogen) atoms. The van der Waals surface area contributed by atoms with Crippen LogP contribution in [0.3, 0.4) is 0 Å². The highest BCUT2D eigenvalue weighted by Crippen LogP contribution is 2.26. The molecule has 0 aliphatic heterocycles. The molecule has 1 nitrogen and oxygen atoms in total. The number of hydrogen-bond donors (Lipinski definition) is 0. The molecule has 0 bridgehead atoms. The SMILES string of the molecule is CCCCCC1CCC(C=Cc2ccc(Cl)cc2)=CC1=O. The average Bonchev–Trinajstić information content (AvgIpc) is 2.49. The van der Waals surface area contributed by atoms with Gasteiger partial charge in [-0.25, -0.2) is 0 Å². The molecule has 1 aliphatic carbocycles. The minimum atomic E-state index is 0.254. The van der Waals surface area contributed by atoms with E-state index in [1.165, 1.54) is 19.3 Å². The van der Waals surface area contributed by atoms with Crippen LogP contribution < -0.4 is 0 Å². The maximum absolute atomic E-state index is 12.1. The lowest BCUT2D eigenvalue weighted by molar-refractivity contribution is -0.119. The smallest absolute Gasteiger partial charge is 0.159 e. The van der Waals surface area contributed by atoms with Crippen molar-refractivity contribution in [3.8, 4) is 0 Å². The van der Waals surface area contributed by atoms with Crippen LogP contribution in [0.2, 0.25) is 5.02 Å². The summed E-state index contributed by atoms with van der Waals surface area (Å²) in [7, 11) is 0. The molecule has 0 N–H and O–H groups in total. The Labute approximate surface area is 132 Å². The van der Waals surface area contributed by atoms with Crippen LogP contribution in [0.4, 0.5) is 0 Å². The van der Waals surface area contributed by atoms with Crippen molar-refractivity contribution in [2.24, 2.45) is 5.92 Å². The van der Waals surface area contributed by atoms with E-state index in [4.69, 9.17) is 11.6 Å². The van der Waals surface area contributed by atoms with Crippen LogP contribution in [-0.4, -0.2) is 5.78 Å². The van der Waals surface area contributed by atoms with Crippen LogP contribution in [0.5, 0.6) is 0 Å². The Morgan fingerprint density at radius 2 is 1.95 bits per heavy atom. The van der Waals surface area contributed by atoms with E-state index in [2.05, 4.69) is 13.0 Å². The van der Waals surface area contributed by atoms with Crippen molar-refractivity contribution in [2.75, 3.05) is 0 Å². The molecule has 0 saturated heterocycles. The van der Waals surface area contributed by atoms with Gasteiger partial charge in [0.2, 0.25) is 0 Å². The summed E-state index contributed by atoms with van der Waals surface area (Å²) in [5.41, 5.74) is 2.25. The third kappa shape index (κ3) is 5.17. The van der Waals surface area contributed by atoms with Crippen LogP contribution in [0.15, 0.2) is 42.0 Å². The first kappa shape index (κ1) is 16.0. The molecule has 1 aliphatic rings. The van der Waals surface area contributed by atoms with Crippen molar-refractivity contribution >= 4 is 23.5 Å². The highest BCUT2D eigenvalue weighted by atomic mass is 35.5. The van der Waals surface area contributed by atoms with Crippen molar-refractivity contribution < 1.29 is 4.79 Å². The first-order chi connectivity index (χ1) is 10.2. The molecule has 1 aromatic rings. The Bertz CT molecular complexity index is 525. The highest BCUT2D eigenvalue weighted by Gasteiger charge is 2.20. The molecule has 0 saturated carbocycles. The van der Waals surface area contributed by atoms with Gasteiger partial charge in [-0.3, -0.25) is 4.79 Å². The van der Waals surface area contributed by atoms with Gasteiger partial charge in [0.25, 0.3) is 0 Å². The van der Waals surface area contributed by atoms with Crippen LogP contribution in [0, 0.1) is 5.92 Å². The van der Waals surface area contributed by atoms with Gasteiger partial charge in [0.1, 0.15) is 0 Å². The molecular weight excluding hydrogens is 280 g/mol. The Morgan fingerprint density at radius 1 is 1.19 bits per heavy atom. The van der Waals surface area contributed by atoms with Gasteiger partial charge in [-0.1, -0.05) is 62.1 Å². The van der Waals surface area contributed by atoms with Crippen LogP contribution in [0.1, 0.15) is 51.0 Å². The lowest BCUT2D eigenvalue weighted by Gasteiger charge is -2.19. The van der Waals surface area contributed by atoms with Gasteiger partial charge in [-0.05, 0) is 48.6 Å². The molecule has 0 radical (unpaired) electrons. The largest absolute Gasteiger partial charge is 0.295 e.